The standard InChI is InChI=1S/C8H16N2O2/c1-10(2)7-3-6(8(11)12)4-9-5-7/h6-7,9H,3-5H2,1-2H3,(H,11,12)/t6-,7+/m1/s1. The topological polar surface area (TPSA) is 52.6 Å². The van der Waals surface area contributed by atoms with E-state index < -0.39 is 5.97 Å². The highest BCUT2D eigenvalue weighted by atomic mass is 16.4. The minimum Gasteiger partial charge on any atom is -0.481 e. The lowest BCUT2D eigenvalue weighted by Crippen LogP contribution is -2.48. The highest BCUT2D eigenvalue weighted by Gasteiger charge is 2.27. The molecular weight excluding hydrogens is 156 g/mol. The molecule has 1 rings (SSSR count). The maximum absolute atomic E-state index is 10.7. The third-order valence-electron chi connectivity index (χ3n) is 2.41. The molecule has 4 nitrogen and oxygen atoms in total. The number of piperidine rings is 1. The molecule has 0 saturated carbocycles. The summed E-state index contributed by atoms with van der Waals surface area (Å²) in [6.07, 6.45) is 0.759. The van der Waals surface area contributed by atoms with E-state index in [2.05, 4.69) is 10.2 Å². The molecule has 1 fully saturated rings. The van der Waals surface area contributed by atoms with Gasteiger partial charge in [-0.1, -0.05) is 0 Å². The van der Waals surface area contributed by atoms with Crippen LogP contribution in [0.5, 0.6) is 0 Å². The lowest BCUT2D eigenvalue weighted by atomic mass is 9.95. The van der Waals surface area contributed by atoms with E-state index >= 15 is 0 Å². The van der Waals surface area contributed by atoms with Crippen molar-refractivity contribution in [3.8, 4) is 0 Å². The van der Waals surface area contributed by atoms with E-state index in [0.717, 1.165) is 13.0 Å². The Balaban J connectivity index is 2.46. The fourth-order valence-electron chi connectivity index (χ4n) is 1.50. The van der Waals surface area contributed by atoms with Crippen molar-refractivity contribution in [1.82, 2.24) is 10.2 Å². The smallest absolute Gasteiger partial charge is 0.307 e. The van der Waals surface area contributed by atoms with Gasteiger partial charge in [0.25, 0.3) is 0 Å². The van der Waals surface area contributed by atoms with Crippen LogP contribution in [0.4, 0.5) is 0 Å². The van der Waals surface area contributed by atoms with Gasteiger partial charge in [-0.3, -0.25) is 4.79 Å². The monoisotopic (exact) mass is 172 g/mol. The molecule has 0 aromatic heterocycles. The Kier molecular flexibility index (Phi) is 3.05. The SMILES string of the molecule is CN(C)[C@@H]1CNC[C@H](C(=O)O)C1. The maximum atomic E-state index is 10.7. The van der Waals surface area contributed by atoms with Crippen molar-refractivity contribution >= 4 is 5.97 Å². The summed E-state index contributed by atoms with van der Waals surface area (Å²) in [5.41, 5.74) is 0. The molecule has 0 bridgehead atoms. The first-order chi connectivity index (χ1) is 5.61. The van der Waals surface area contributed by atoms with Crippen LogP contribution in [0.15, 0.2) is 0 Å². The summed E-state index contributed by atoms with van der Waals surface area (Å²) in [4.78, 5) is 12.7. The van der Waals surface area contributed by atoms with Crippen LogP contribution in [0.1, 0.15) is 6.42 Å². The van der Waals surface area contributed by atoms with Crippen molar-refractivity contribution in [1.29, 1.82) is 0 Å². The van der Waals surface area contributed by atoms with Gasteiger partial charge < -0.3 is 15.3 Å². The highest BCUT2D eigenvalue weighted by molar-refractivity contribution is 5.70. The van der Waals surface area contributed by atoms with E-state index in [1.807, 2.05) is 14.1 Å². The number of aliphatic carboxylic acids is 1. The molecule has 0 spiro atoms. The first-order valence-corrected chi connectivity index (χ1v) is 4.21. The lowest BCUT2D eigenvalue weighted by Gasteiger charge is -2.32. The summed E-state index contributed by atoms with van der Waals surface area (Å²) < 4.78 is 0. The zero-order valence-corrected chi connectivity index (χ0v) is 7.58. The Morgan fingerprint density at radius 1 is 1.50 bits per heavy atom. The number of hydrogen-bond donors (Lipinski definition) is 2. The van der Waals surface area contributed by atoms with E-state index in [-0.39, 0.29) is 5.92 Å². The van der Waals surface area contributed by atoms with E-state index in [4.69, 9.17) is 5.11 Å². The van der Waals surface area contributed by atoms with Gasteiger partial charge in [0.15, 0.2) is 0 Å². The van der Waals surface area contributed by atoms with Crippen molar-refractivity contribution < 1.29 is 9.90 Å². The zero-order chi connectivity index (χ0) is 9.14. The molecule has 12 heavy (non-hydrogen) atoms. The summed E-state index contributed by atoms with van der Waals surface area (Å²) >= 11 is 0. The fraction of sp³-hybridized carbons (Fsp3) is 0.875. The Hall–Kier alpha value is -0.610. The largest absolute Gasteiger partial charge is 0.481 e. The minimum atomic E-state index is -0.686. The van der Waals surface area contributed by atoms with Crippen LogP contribution in [0.2, 0.25) is 0 Å². The Morgan fingerprint density at radius 2 is 2.17 bits per heavy atom. The minimum absolute atomic E-state index is 0.217. The lowest BCUT2D eigenvalue weighted by molar-refractivity contribution is -0.142. The predicted octanol–water partition coefficient (Wildman–Crippen LogP) is -0.389. The zero-order valence-electron chi connectivity index (χ0n) is 7.58. The second-order valence-electron chi connectivity index (χ2n) is 3.55. The first kappa shape index (κ1) is 9.48. The van der Waals surface area contributed by atoms with E-state index in [9.17, 15) is 4.79 Å². The molecule has 2 N–H and O–H groups in total. The summed E-state index contributed by atoms with van der Waals surface area (Å²) in [7, 11) is 3.97. The summed E-state index contributed by atoms with van der Waals surface area (Å²) in [5.74, 6) is -0.903. The van der Waals surface area contributed by atoms with Crippen molar-refractivity contribution in [3.05, 3.63) is 0 Å². The molecule has 0 aromatic carbocycles. The third-order valence-corrected chi connectivity index (χ3v) is 2.41. The quantitative estimate of drug-likeness (QED) is 0.595. The third kappa shape index (κ3) is 2.19. The van der Waals surface area contributed by atoms with Gasteiger partial charge in [-0.05, 0) is 20.5 Å². The van der Waals surface area contributed by atoms with Gasteiger partial charge in [0.1, 0.15) is 0 Å². The molecule has 0 unspecified atom stereocenters. The average molecular weight is 172 g/mol. The van der Waals surface area contributed by atoms with Gasteiger partial charge >= 0.3 is 5.97 Å². The number of nitrogens with zero attached hydrogens (tertiary/aromatic N) is 1. The van der Waals surface area contributed by atoms with Crippen molar-refractivity contribution in [2.24, 2.45) is 5.92 Å². The van der Waals surface area contributed by atoms with Gasteiger partial charge in [-0.25, -0.2) is 0 Å². The molecular formula is C8H16N2O2. The molecule has 1 saturated heterocycles. The molecule has 0 aliphatic carbocycles. The summed E-state index contributed by atoms with van der Waals surface area (Å²) in [6, 6.07) is 0.361. The molecule has 2 atom stereocenters. The number of rotatable bonds is 2. The van der Waals surface area contributed by atoms with E-state index in [1.54, 1.807) is 0 Å². The van der Waals surface area contributed by atoms with Gasteiger partial charge in [-0.2, -0.15) is 0 Å². The number of hydrogen-bond acceptors (Lipinski definition) is 3. The maximum Gasteiger partial charge on any atom is 0.307 e. The van der Waals surface area contributed by atoms with Crippen LogP contribution >= 0.6 is 0 Å². The van der Waals surface area contributed by atoms with Crippen LogP contribution < -0.4 is 5.32 Å². The normalized spacial score (nSPS) is 30.6. The number of nitrogens with one attached hydrogen (secondary N) is 1. The van der Waals surface area contributed by atoms with Crippen molar-refractivity contribution in [2.75, 3.05) is 27.2 Å². The summed E-state index contributed by atoms with van der Waals surface area (Å²) in [6.45, 7) is 1.51. The van der Waals surface area contributed by atoms with Gasteiger partial charge in [0.05, 0.1) is 5.92 Å². The van der Waals surface area contributed by atoms with Gasteiger partial charge in [0, 0.05) is 19.1 Å². The van der Waals surface area contributed by atoms with Crippen molar-refractivity contribution in [3.63, 3.8) is 0 Å². The number of carboxylic acid groups (broad SMARTS) is 1. The second-order valence-corrected chi connectivity index (χ2v) is 3.55. The number of carboxylic acids is 1. The molecule has 1 heterocycles. The highest BCUT2D eigenvalue weighted by Crippen LogP contribution is 2.13. The Labute approximate surface area is 72.6 Å². The van der Waals surface area contributed by atoms with Crippen LogP contribution in [0, 0.1) is 5.92 Å². The van der Waals surface area contributed by atoms with E-state index in [0.29, 0.717) is 12.6 Å². The second kappa shape index (κ2) is 3.87. The Morgan fingerprint density at radius 3 is 2.67 bits per heavy atom. The van der Waals surface area contributed by atoms with Crippen LogP contribution in [0.25, 0.3) is 0 Å². The van der Waals surface area contributed by atoms with Crippen LogP contribution in [0.3, 0.4) is 0 Å². The van der Waals surface area contributed by atoms with Gasteiger partial charge in [0.2, 0.25) is 0 Å². The molecule has 0 radical (unpaired) electrons. The molecule has 0 amide bonds. The van der Waals surface area contributed by atoms with E-state index in [1.165, 1.54) is 0 Å². The molecule has 4 heteroatoms. The molecule has 1 aliphatic rings. The van der Waals surface area contributed by atoms with Crippen LogP contribution in [-0.2, 0) is 4.79 Å². The summed E-state index contributed by atoms with van der Waals surface area (Å²) in [5, 5.41) is 11.9. The van der Waals surface area contributed by atoms with Gasteiger partial charge in [-0.15, -0.1) is 0 Å². The molecule has 1 aliphatic heterocycles. The molecule has 0 aromatic rings. The Bertz CT molecular complexity index is 170. The predicted molar refractivity (Wildman–Crippen MR) is 46.1 cm³/mol. The fourth-order valence-corrected chi connectivity index (χ4v) is 1.50. The first-order valence-electron chi connectivity index (χ1n) is 4.21. The van der Waals surface area contributed by atoms with Crippen molar-refractivity contribution in [2.45, 2.75) is 12.5 Å². The average Bonchev–Trinajstić information content (AvgIpc) is 2.04. The van der Waals surface area contributed by atoms with Crippen LogP contribution in [-0.4, -0.2) is 49.2 Å². The molecule has 70 valence electrons. The number of carbonyl (C=O) groups is 1. The number of likely N-dealkylation sites (N-methyl/N-ethyl adjacent to an activating group) is 1.